The lowest BCUT2D eigenvalue weighted by atomic mass is 10.1. The Kier molecular flexibility index (Phi) is 3.08. The van der Waals surface area contributed by atoms with Crippen LogP contribution >= 0.6 is 0 Å². The first-order valence-electron chi connectivity index (χ1n) is 3.73. The SMILES string of the molecule is CC[C@H](OO)c1ccccc1. The quantitative estimate of drug-likeness (QED) is 0.533. The van der Waals surface area contributed by atoms with Crippen molar-refractivity contribution >= 4 is 0 Å². The molecule has 0 saturated heterocycles. The third-order valence-corrected chi connectivity index (χ3v) is 1.67. The van der Waals surface area contributed by atoms with E-state index in [1.165, 1.54) is 0 Å². The van der Waals surface area contributed by atoms with Crippen molar-refractivity contribution in [1.29, 1.82) is 0 Å². The fourth-order valence-corrected chi connectivity index (χ4v) is 1.04. The third-order valence-electron chi connectivity index (χ3n) is 1.67. The standard InChI is InChI=1S/C9H12O2/c1-2-9(11-10)8-6-4-3-5-7-8/h3-7,9-10H,2H2,1H3/t9-/m0/s1. The minimum Gasteiger partial charge on any atom is -0.251 e. The molecule has 0 amide bonds. The van der Waals surface area contributed by atoms with Gasteiger partial charge in [0.1, 0.15) is 6.10 Å². The van der Waals surface area contributed by atoms with Crippen LogP contribution < -0.4 is 0 Å². The molecular formula is C9H12O2. The van der Waals surface area contributed by atoms with Gasteiger partial charge in [-0.15, -0.1) is 0 Å². The van der Waals surface area contributed by atoms with Crippen molar-refractivity contribution in [3.05, 3.63) is 35.9 Å². The first kappa shape index (κ1) is 8.24. The van der Waals surface area contributed by atoms with E-state index < -0.39 is 0 Å². The van der Waals surface area contributed by atoms with E-state index >= 15 is 0 Å². The Bertz CT molecular complexity index is 192. The van der Waals surface area contributed by atoms with Crippen LogP contribution in [0.15, 0.2) is 30.3 Å². The highest BCUT2D eigenvalue weighted by atomic mass is 17.1. The maximum atomic E-state index is 8.48. The van der Waals surface area contributed by atoms with Gasteiger partial charge in [-0.3, -0.25) is 5.26 Å². The van der Waals surface area contributed by atoms with E-state index in [9.17, 15) is 0 Å². The molecule has 0 aromatic heterocycles. The topological polar surface area (TPSA) is 29.5 Å². The van der Waals surface area contributed by atoms with Crippen LogP contribution in [0.4, 0.5) is 0 Å². The molecule has 2 nitrogen and oxygen atoms in total. The fraction of sp³-hybridized carbons (Fsp3) is 0.333. The number of rotatable bonds is 3. The van der Waals surface area contributed by atoms with Gasteiger partial charge in [-0.25, -0.2) is 4.89 Å². The minimum absolute atomic E-state index is 0.184. The maximum Gasteiger partial charge on any atom is 0.117 e. The average Bonchev–Trinajstić information content (AvgIpc) is 2.09. The lowest BCUT2D eigenvalue weighted by Crippen LogP contribution is -1.98. The van der Waals surface area contributed by atoms with Gasteiger partial charge in [-0.1, -0.05) is 37.3 Å². The molecule has 1 N–H and O–H groups in total. The Labute approximate surface area is 66.4 Å². The van der Waals surface area contributed by atoms with E-state index in [2.05, 4.69) is 4.89 Å². The van der Waals surface area contributed by atoms with Crippen molar-refractivity contribution in [2.75, 3.05) is 0 Å². The van der Waals surface area contributed by atoms with Crippen LogP contribution in [-0.4, -0.2) is 5.26 Å². The zero-order chi connectivity index (χ0) is 8.10. The van der Waals surface area contributed by atoms with Gasteiger partial charge in [0.2, 0.25) is 0 Å². The predicted molar refractivity (Wildman–Crippen MR) is 43.2 cm³/mol. The summed E-state index contributed by atoms with van der Waals surface area (Å²) >= 11 is 0. The Morgan fingerprint density at radius 1 is 1.36 bits per heavy atom. The molecule has 0 aliphatic heterocycles. The van der Waals surface area contributed by atoms with Crippen LogP contribution in [0.1, 0.15) is 25.0 Å². The minimum atomic E-state index is -0.184. The third kappa shape index (κ3) is 2.03. The molecule has 1 rings (SSSR count). The summed E-state index contributed by atoms with van der Waals surface area (Å²) in [6.07, 6.45) is 0.594. The van der Waals surface area contributed by atoms with Crippen molar-refractivity contribution in [3.8, 4) is 0 Å². The Balaban J connectivity index is 2.74. The van der Waals surface area contributed by atoms with Crippen LogP contribution in [0.25, 0.3) is 0 Å². The average molecular weight is 152 g/mol. The van der Waals surface area contributed by atoms with Crippen molar-refractivity contribution in [1.82, 2.24) is 0 Å². The summed E-state index contributed by atoms with van der Waals surface area (Å²) in [6, 6.07) is 9.66. The molecular weight excluding hydrogens is 140 g/mol. The summed E-state index contributed by atoms with van der Waals surface area (Å²) in [7, 11) is 0. The predicted octanol–water partition coefficient (Wildman–Crippen LogP) is 2.63. The monoisotopic (exact) mass is 152 g/mol. The smallest absolute Gasteiger partial charge is 0.117 e. The lowest BCUT2D eigenvalue weighted by molar-refractivity contribution is -0.282. The second kappa shape index (κ2) is 4.11. The zero-order valence-electron chi connectivity index (χ0n) is 6.53. The summed E-state index contributed by atoms with van der Waals surface area (Å²) in [5.41, 5.74) is 1.01. The van der Waals surface area contributed by atoms with Gasteiger partial charge in [-0.05, 0) is 12.0 Å². The van der Waals surface area contributed by atoms with Gasteiger partial charge in [-0.2, -0.15) is 0 Å². The first-order chi connectivity index (χ1) is 5.38. The van der Waals surface area contributed by atoms with Gasteiger partial charge in [0, 0.05) is 0 Å². The molecule has 1 aromatic rings. The molecule has 0 radical (unpaired) electrons. The Morgan fingerprint density at radius 3 is 2.45 bits per heavy atom. The molecule has 11 heavy (non-hydrogen) atoms. The summed E-state index contributed by atoms with van der Waals surface area (Å²) in [5, 5.41) is 8.48. The van der Waals surface area contributed by atoms with Gasteiger partial charge in [0.05, 0.1) is 0 Å². The van der Waals surface area contributed by atoms with Crippen LogP contribution in [0.2, 0.25) is 0 Å². The molecule has 60 valence electrons. The molecule has 0 fully saturated rings. The molecule has 2 heteroatoms. The molecule has 1 atom stereocenters. The number of hydrogen-bond donors (Lipinski definition) is 1. The van der Waals surface area contributed by atoms with Crippen molar-refractivity contribution in [2.45, 2.75) is 19.4 Å². The number of hydrogen-bond acceptors (Lipinski definition) is 2. The van der Waals surface area contributed by atoms with E-state index in [0.29, 0.717) is 0 Å². The molecule has 0 bridgehead atoms. The van der Waals surface area contributed by atoms with Gasteiger partial charge in [0.25, 0.3) is 0 Å². The highest BCUT2D eigenvalue weighted by Crippen LogP contribution is 2.18. The number of benzene rings is 1. The summed E-state index contributed by atoms with van der Waals surface area (Å²) < 4.78 is 0. The molecule has 0 aliphatic rings. The van der Waals surface area contributed by atoms with Crippen LogP contribution in [0.5, 0.6) is 0 Å². The van der Waals surface area contributed by atoms with E-state index in [1.54, 1.807) is 0 Å². The Morgan fingerprint density at radius 2 is 2.00 bits per heavy atom. The summed E-state index contributed by atoms with van der Waals surface area (Å²) in [4.78, 5) is 4.29. The van der Waals surface area contributed by atoms with Crippen molar-refractivity contribution < 1.29 is 10.1 Å². The van der Waals surface area contributed by atoms with Crippen LogP contribution in [0, 0.1) is 0 Å². The second-order valence-corrected chi connectivity index (χ2v) is 2.41. The second-order valence-electron chi connectivity index (χ2n) is 2.41. The highest BCUT2D eigenvalue weighted by molar-refractivity contribution is 5.17. The molecule has 0 unspecified atom stereocenters. The van der Waals surface area contributed by atoms with Gasteiger partial charge < -0.3 is 0 Å². The van der Waals surface area contributed by atoms with Crippen LogP contribution in [0.3, 0.4) is 0 Å². The Hall–Kier alpha value is -0.860. The van der Waals surface area contributed by atoms with E-state index in [1.807, 2.05) is 37.3 Å². The summed E-state index contributed by atoms with van der Waals surface area (Å²) in [6.45, 7) is 1.97. The summed E-state index contributed by atoms with van der Waals surface area (Å²) in [5.74, 6) is 0. The fourth-order valence-electron chi connectivity index (χ4n) is 1.04. The van der Waals surface area contributed by atoms with Crippen LogP contribution in [-0.2, 0) is 4.89 Å². The van der Waals surface area contributed by atoms with Gasteiger partial charge >= 0.3 is 0 Å². The first-order valence-corrected chi connectivity index (χ1v) is 3.73. The molecule has 0 spiro atoms. The van der Waals surface area contributed by atoms with E-state index in [0.717, 1.165) is 12.0 Å². The van der Waals surface area contributed by atoms with Gasteiger partial charge in [0.15, 0.2) is 0 Å². The zero-order valence-corrected chi connectivity index (χ0v) is 6.53. The van der Waals surface area contributed by atoms with E-state index in [-0.39, 0.29) is 6.10 Å². The molecule has 0 saturated carbocycles. The molecule has 1 aromatic carbocycles. The normalized spacial score (nSPS) is 12.9. The van der Waals surface area contributed by atoms with Crippen molar-refractivity contribution in [3.63, 3.8) is 0 Å². The lowest BCUT2D eigenvalue weighted by Gasteiger charge is -2.09. The molecule has 0 heterocycles. The van der Waals surface area contributed by atoms with E-state index in [4.69, 9.17) is 5.26 Å². The maximum absolute atomic E-state index is 8.48. The largest absolute Gasteiger partial charge is 0.251 e. The van der Waals surface area contributed by atoms with Crippen molar-refractivity contribution in [2.24, 2.45) is 0 Å². The highest BCUT2D eigenvalue weighted by Gasteiger charge is 2.06. The molecule has 0 aliphatic carbocycles.